The second kappa shape index (κ2) is 12.5. The van der Waals surface area contributed by atoms with Gasteiger partial charge in [0.1, 0.15) is 11.6 Å². The molecule has 2 saturated heterocycles. The van der Waals surface area contributed by atoms with E-state index in [-0.39, 0.29) is 18.8 Å². The maximum absolute atomic E-state index is 13.9. The molecule has 3 aliphatic rings. The molecular weight excluding hydrogens is 514 g/mol. The Morgan fingerprint density at radius 1 is 1.03 bits per heavy atom. The summed E-state index contributed by atoms with van der Waals surface area (Å²) in [7, 11) is 0. The molecule has 1 aromatic carbocycles. The summed E-state index contributed by atoms with van der Waals surface area (Å²) in [5.41, 5.74) is 1.12. The van der Waals surface area contributed by atoms with Gasteiger partial charge in [0.2, 0.25) is 5.95 Å². The first-order chi connectivity index (χ1) is 18.9. The molecule has 4 heterocycles. The lowest BCUT2D eigenvalue weighted by atomic mass is 9.89. The van der Waals surface area contributed by atoms with E-state index in [4.69, 9.17) is 9.72 Å². The molecule has 1 saturated carbocycles. The Hall–Kier alpha value is -2.99. The number of nitrogens with one attached hydrogen (secondary N) is 2. The normalized spacial score (nSPS) is 19.8. The molecule has 0 bridgehead atoms. The van der Waals surface area contributed by atoms with Gasteiger partial charge in [-0.3, -0.25) is 4.57 Å². The molecule has 12 heteroatoms. The minimum absolute atomic E-state index is 0.00694. The van der Waals surface area contributed by atoms with Crippen molar-refractivity contribution in [3.8, 4) is 5.82 Å². The summed E-state index contributed by atoms with van der Waals surface area (Å²) in [6.07, 6.45) is 3.49. The molecule has 0 radical (unpaired) electrons. The predicted octanol–water partition coefficient (Wildman–Crippen LogP) is 5.20. The first-order valence-electron chi connectivity index (χ1n) is 13.7. The summed E-state index contributed by atoms with van der Waals surface area (Å²) in [5.74, 6) is -0.559. The number of hydrogen-bond donors (Lipinski definition) is 2. The minimum Gasteiger partial charge on any atom is -0.378 e. The molecule has 0 unspecified atom stereocenters. The van der Waals surface area contributed by atoms with Crippen LogP contribution in [-0.2, 0) is 4.74 Å². The number of benzene rings is 1. The zero-order valence-electron chi connectivity index (χ0n) is 21.9. The summed E-state index contributed by atoms with van der Waals surface area (Å²) in [5, 5.41) is 5.95. The number of ether oxygens (including phenoxy) is 1. The molecule has 3 fully saturated rings. The van der Waals surface area contributed by atoms with Crippen molar-refractivity contribution in [1.29, 1.82) is 0 Å². The van der Waals surface area contributed by atoms with Crippen LogP contribution in [0.3, 0.4) is 0 Å². The van der Waals surface area contributed by atoms with Gasteiger partial charge in [-0.2, -0.15) is 9.97 Å². The molecule has 1 aliphatic carbocycles. The van der Waals surface area contributed by atoms with Crippen LogP contribution in [0.5, 0.6) is 0 Å². The average molecular weight is 550 g/mol. The smallest absolute Gasteiger partial charge is 0.296 e. The van der Waals surface area contributed by atoms with Crippen LogP contribution in [0.2, 0.25) is 0 Å². The van der Waals surface area contributed by atoms with Gasteiger partial charge in [0.25, 0.3) is 12.3 Å². The molecule has 2 aliphatic heterocycles. The molecule has 2 aromatic heterocycles. The van der Waals surface area contributed by atoms with Crippen molar-refractivity contribution in [2.75, 3.05) is 56.2 Å². The van der Waals surface area contributed by atoms with E-state index in [1.807, 2.05) is 6.07 Å². The third kappa shape index (κ3) is 6.96. The summed E-state index contributed by atoms with van der Waals surface area (Å²) in [4.78, 5) is 15.7. The standard InChI is InChI=1S/C23H28F2N6O.C4H7F2N/c24-21(25)22-27-17-8-4-5-9-18(17)31(22)20-14-19(30-10-12-32-13-11-30)28-23(29-20)26-15-16-6-2-1-3-7-16;5-4(6)1-2-7-3-4/h4-5,8-9,14,16,21H,1-3,6-7,10-13,15H2,(H,26,28,29);7H,1-3H2. The maximum Gasteiger partial charge on any atom is 0.296 e. The monoisotopic (exact) mass is 549 g/mol. The van der Waals surface area contributed by atoms with E-state index < -0.39 is 12.3 Å². The molecule has 0 amide bonds. The highest BCUT2D eigenvalue weighted by molar-refractivity contribution is 5.78. The first kappa shape index (κ1) is 27.6. The average Bonchev–Trinajstić information content (AvgIpc) is 3.56. The van der Waals surface area contributed by atoms with E-state index in [2.05, 4.69) is 25.5 Å². The number of aromatic nitrogens is 4. The van der Waals surface area contributed by atoms with Gasteiger partial charge in [0, 0.05) is 38.7 Å². The molecule has 6 rings (SSSR count). The predicted molar refractivity (Wildman–Crippen MR) is 142 cm³/mol. The van der Waals surface area contributed by atoms with Gasteiger partial charge in [-0.15, -0.1) is 0 Å². The summed E-state index contributed by atoms with van der Waals surface area (Å²) >= 11 is 0. The van der Waals surface area contributed by atoms with E-state index in [0.717, 1.165) is 6.54 Å². The number of anilines is 2. The zero-order chi connectivity index (χ0) is 27.2. The highest BCUT2D eigenvalue weighted by Gasteiger charge is 2.32. The minimum atomic E-state index is -2.72. The van der Waals surface area contributed by atoms with Crippen molar-refractivity contribution in [2.45, 2.75) is 50.9 Å². The zero-order valence-corrected chi connectivity index (χ0v) is 21.9. The summed E-state index contributed by atoms with van der Waals surface area (Å²) in [6, 6.07) is 8.92. The largest absolute Gasteiger partial charge is 0.378 e. The highest BCUT2D eigenvalue weighted by Crippen LogP contribution is 2.30. The fourth-order valence-electron chi connectivity index (χ4n) is 5.26. The molecular formula is C27H35F4N7O. The van der Waals surface area contributed by atoms with Crippen LogP contribution in [0.25, 0.3) is 16.9 Å². The van der Waals surface area contributed by atoms with E-state index in [1.54, 1.807) is 24.3 Å². The van der Waals surface area contributed by atoms with E-state index >= 15 is 0 Å². The Labute approximate surface area is 225 Å². The Morgan fingerprint density at radius 2 is 1.77 bits per heavy atom. The fourth-order valence-corrected chi connectivity index (χ4v) is 5.26. The van der Waals surface area contributed by atoms with Gasteiger partial charge < -0.3 is 20.3 Å². The third-order valence-electron chi connectivity index (χ3n) is 7.37. The first-order valence-corrected chi connectivity index (χ1v) is 13.7. The van der Waals surface area contributed by atoms with Crippen LogP contribution in [0.4, 0.5) is 29.3 Å². The van der Waals surface area contributed by atoms with Crippen molar-refractivity contribution < 1.29 is 22.3 Å². The highest BCUT2D eigenvalue weighted by atomic mass is 19.3. The molecule has 39 heavy (non-hydrogen) atoms. The second-order valence-electron chi connectivity index (χ2n) is 10.3. The molecule has 2 N–H and O–H groups in total. The van der Waals surface area contributed by atoms with Crippen molar-refractivity contribution in [1.82, 2.24) is 24.8 Å². The fraction of sp³-hybridized carbons (Fsp3) is 0.593. The van der Waals surface area contributed by atoms with Crippen molar-refractivity contribution in [3.05, 3.63) is 36.2 Å². The Bertz CT molecular complexity index is 1220. The number of imidazole rings is 1. The number of para-hydroxylation sites is 2. The number of morpholine rings is 1. The molecule has 212 valence electrons. The molecule has 0 spiro atoms. The van der Waals surface area contributed by atoms with E-state index in [1.165, 1.54) is 36.7 Å². The van der Waals surface area contributed by atoms with Crippen molar-refractivity contribution in [2.24, 2.45) is 5.92 Å². The van der Waals surface area contributed by atoms with Crippen LogP contribution in [0.15, 0.2) is 30.3 Å². The van der Waals surface area contributed by atoms with Crippen LogP contribution in [0.1, 0.15) is 50.8 Å². The summed E-state index contributed by atoms with van der Waals surface area (Å²) in [6.45, 7) is 3.75. The molecule has 0 atom stereocenters. The van der Waals surface area contributed by atoms with Gasteiger partial charge in [0.05, 0.1) is 30.8 Å². The van der Waals surface area contributed by atoms with Gasteiger partial charge >= 0.3 is 0 Å². The molecule has 3 aromatic rings. The van der Waals surface area contributed by atoms with Gasteiger partial charge in [-0.25, -0.2) is 22.5 Å². The third-order valence-corrected chi connectivity index (χ3v) is 7.37. The number of alkyl halides is 4. The lowest BCUT2D eigenvalue weighted by molar-refractivity contribution is 0.0238. The SMILES string of the molecule is FC(F)c1nc2ccccc2n1-c1cc(N2CCOCC2)nc(NCC2CCCCC2)n1.FC1(F)CCNC1. The number of halogens is 4. The molecule has 8 nitrogen and oxygen atoms in total. The van der Waals surface area contributed by atoms with Gasteiger partial charge in [-0.1, -0.05) is 31.4 Å². The summed E-state index contributed by atoms with van der Waals surface area (Å²) < 4.78 is 58.6. The van der Waals surface area contributed by atoms with E-state index in [9.17, 15) is 17.6 Å². The number of nitrogens with zero attached hydrogens (tertiary/aromatic N) is 5. The van der Waals surface area contributed by atoms with Crippen molar-refractivity contribution >= 4 is 22.8 Å². The lowest BCUT2D eigenvalue weighted by Crippen LogP contribution is -2.37. The van der Waals surface area contributed by atoms with Gasteiger partial charge in [0.15, 0.2) is 5.82 Å². The number of fused-ring (bicyclic) bond motifs is 1. The number of hydrogen-bond acceptors (Lipinski definition) is 7. The number of rotatable bonds is 6. The lowest BCUT2D eigenvalue weighted by Gasteiger charge is -2.28. The van der Waals surface area contributed by atoms with E-state index in [0.29, 0.717) is 67.4 Å². The quantitative estimate of drug-likeness (QED) is 0.410. The van der Waals surface area contributed by atoms with Crippen molar-refractivity contribution in [3.63, 3.8) is 0 Å². The van der Waals surface area contributed by atoms with Gasteiger partial charge in [-0.05, 0) is 30.9 Å². The Balaban J connectivity index is 0.000000384. The topological polar surface area (TPSA) is 80.1 Å². The van der Waals surface area contributed by atoms with Crippen LogP contribution < -0.4 is 15.5 Å². The maximum atomic E-state index is 13.9. The van der Waals surface area contributed by atoms with Crippen LogP contribution in [0, 0.1) is 5.92 Å². The Kier molecular flexibility index (Phi) is 8.81. The van der Waals surface area contributed by atoms with Crippen LogP contribution >= 0.6 is 0 Å². The van der Waals surface area contributed by atoms with Crippen LogP contribution in [-0.4, -0.2) is 71.4 Å². The second-order valence-corrected chi connectivity index (χ2v) is 10.3. The Morgan fingerprint density at radius 3 is 2.44 bits per heavy atom.